The average Bonchev–Trinajstić information content (AvgIpc) is 2.55. The first-order chi connectivity index (χ1) is 7.44. The normalized spacial score (nSPS) is 12.2. The van der Waals surface area contributed by atoms with Gasteiger partial charge in [0.25, 0.3) is 0 Å². The van der Waals surface area contributed by atoms with Gasteiger partial charge in [0.15, 0.2) is 0 Å². The molecule has 4 heteroatoms. The first-order valence-corrected chi connectivity index (χ1v) is 6.09. The van der Waals surface area contributed by atoms with Crippen molar-refractivity contribution < 1.29 is 5.11 Å². The largest absolute Gasteiger partial charge is 0.390 e. The molecule has 2 aromatic rings. The van der Waals surface area contributed by atoms with Gasteiger partial charge in [-0.1, -0.05) is 0 Å². The van der Waals surface area contributed by atoms with Gasteiger partial charge in [-0.2, -0.15) is 0 Å². The Bertz CT molecular complexity index is 499. The molecule has 0 unspecified atom stereocenters. The summed E-state index contributed by atoms with van der Waals surface area (Å²) in [6.07, 6.45) is 5.50. The maximum Gasteiger partial charge on any atom is 0.137 e. The van der Waals surface area contributed by atoms with Crippen molar-refractivity contribution in [2.75, 3.05) is 0 Å². The molecule has 0 aliphatic heterocycles. The molecule has 0 aliphatic carbocycles. The number of halogens is 1. The highest BCUT2D eigenvalue weighted by Crippen LogP contribution is 2.15. The highest BCUT2D eigenvalue weighted by molar-refractivity contribution is 9.10. The molecule has 0 spiro atoms. The molecule has 0 saturated heterocycles. The first kappa shape index (κ1) is 11.6. The van der Waals surface area contributed by atoms with Gasteiger partial charge in [0, 0.05) is 16.9 Å². The number of hydrogen-bond acceptors (Lipinski definition) is 2. The van der Waals surface area contributed by atoms with Gasteiger partial charge in [0.1, 0.15) is 5.65 Å². The minimum atomic E-state index is -0.629. The molecule has 16 heavy (non-hydrogen) atoms. The number of hydrogen-bond donors (Lipinski definition) is 1. The monoisotopic (exact) mass is 282 g/mol. The zero-order chi connectivity index (χ0) is 11.8. The van der Waals surface area contributed by atoms with Crippen LogP contribution in [0.1, 0.15) is 26.0 Å². The van der Waals surface area contributed by atoms with Crippen molar-refractivity contribution >= 4 is 21.6 Å². The summed E-state index contributed by atoms with van der Waals surface area (Å²) in [5.74, 6) is 0. The van der Waals surface area contributed by atoms with Gasteiger partial charge in [0.05, 0.1) is 11.3 Å². The Morgan fingerprint density at radius 1 is 1.38 bits per heavy atom. The van der Waals surface area contributed by atoms with E-state index in [-0.39, 0.29) is 0 Å². The molecule has 0 aliphatic rings. The van der Waals surface area contributed by atoms with Crippen LogP contribution < -0.4 is 0 Å². The second-order valence-corrected chi connectivity index (χ2v) is 5.57. The Labute approximate surface area is 103 Å². The Morgan fingerprint density at radius 2 is 2.12 bits per heavy atom. The second kappa shape index (κ2) is 4.18. The summed E-state index contributed by atoms with van der Waals surface area (Å²) in [5.41, 5.74) is 1.32. The molecule has 0 aromatic carbocycles. The van der Waals surface area contributed by atoms with Crippen molar-refractivity contribution in [2.24, 2.45) is 0 Å². The molecule has 1 N–H and O–H groups in total. The van der Waals surface area contributed by atoms with E-state index in [4.69, 9.17) is 0 Å². The Hall–Kier alpha value is -0.870. The Morgan fingerprint density at radius 3 is 2.81 bits per heavy atom. The number of imidazole rings is 1. The van der Waals surface area contributed by atoms with E-state index in [9.17, 15) is 5.11 Å². The summed E-state index contributed by atoms with van der Waals surface area (Å²) in [7, 11) is 0. The number of aliphatic hydroxyl groups is 1. The lowest BCUT2D eigenvalue weighted by Gasteiger charge is -2.15. The van der Waals surface area contributed by atoms with Crippen LogP contribution in [0.25, 0.3) is 5.65 Å². The fraction of sp³-hybridized carbons (Fsp3) is 0.417. The molecule has 2 aromatic heterocycles. The van der Waals surface area contributed by atoms with Crippen LogP contribution in [0.2, 0.25) is 0 Å². The quantitative estimate of drug-likeness (QED) is 0.940. The summed E-state index contributed by atoms with van der Waals surface area (Å²) < 4.78 is 3.02. The number of rotatable bonds is 3. The van der Waals surface area contributed by atoms with Crippen molar-refractivity contribution in [3.05, 3.63) is 34.7 Å². The van der Waals surface area contributed by atoms with Gasteiger partial charge in [0.2, 0.25) is 0 Å². The van der Waals surface area contributed by atoms with E-state index >= 15 is 0 Å². The van der Waals surface area contributed by atoms with Crippen molar-refractivity contribution in [1.82, 2.24) is 9.38 Å². The lowest BCUT2D eigenvalue weighted by atomic mass is 10.0. The molecule has 0 bridgehead atoms. The standard InChI is InChI=1S/C12H15BrN2O/c1-12(2,16)6-5-10-8-15-7-9(13)3-4-11(15)14-10/h3-4,7-8,16H,5-6H2,1-2H3. The first-order valence-electron chi connectivity index (χ1n) is 5.29. The van der Waals surface area contributed by atoms with E-state index in [0.717, 1.165) is 28.7 Å². The Balaban J connectivity index is 2.20. The summed E-state index contributed by atoms with van der Waals surface area (Å²) in [5, 5.41) is 9.66. The fourth-order valence-electron chi connectivity index (χ4n) is 1.57. The van der Waals surface area contributed by atoms with Gasteiger partial charge >= 0.3 is 0 Å². The number of nitrogens with zero attached hydrogens (tertiary/aromatic N) is 2. The van der Waals surface area contributed by atoms with Crippen LogP contribution in [0.15, 0.2) is 29.0 Å². The summed E-state index contributed by atoms with van der Waals surface area (Å²) in [4.78, 5) is 4.49. The van der Waals surface area contributed by atoms with Gasteiger partial charge in [-0.3, -0.25) is 0 Å². The molecule has 2 heterocycles. The molecular formula is C12H15BrN2O. The van der Waals surface area contributed by atoms with Crippen molar-refractivity contribution in [1.29, 1.82) is 0 Å². The third-order valence-corrected chi connectivity index (χ3v) is 2.93. The number of fused-ring (bicyclic) bond motifs is 1. The van der Waals surface area contributed by atoms with E-state index in [1.54, 1.807) is 0 Å². The second-order valence-electron chi connectivity index (χ2n) is 4.66. The van der Waals surface area contributed by atoms with E-state index in [1.807, 2.05) is 42.8 Å². The molecular weight excluding hydrogens is 268 g/mol. The molecule has 2 rings (SSSR count). The third-order valence-electron chi connectivity index (χ3n) is 2.46. The highest BCUT2D eigenvalue weighted by atomic mass is 79.9. The Kier molecular flexibility index (Phi) is 3.04. The SMILES string of the molecule is CC(C)(O)CCc1cn2cc(Br)ccc2n1. The third kappa shape index (κ3) is 2.83. The molecule has 0 fully saturated rings. The van der Waals surface area contributed by atoms with Crippen LogP contribution in [0, 0.1) is 0 Å². The van der Waals surface area contributed by atoms with E-state index < -0.39 is 5.60 Å². The maximum atomic E-state index is 9.66. The van der Waals surface area contributed by atoms with E-state index in [2.05, 4.69) is 20.9 Å². The van der Waals surface area contributed by atoms with Crippen LogP contribution in [0.4, 0.5) is 0 Å². The molecule has 0 atom stereocenters. The number of aryl methyl sites for hydroxylation is 1. The predicted molar refractivity (Wildman–Crippen MR) is 67.5 cm³/mol. The topological polar surface area (TPSA) is 37.5 Å². The van der Waals surface area contributed by atoms with Crippen molar-refractivity contribution in [3.8, 4) is 0 Å². The molecule has 0 radical (unpaired) electrons. The van der Waals surface area contributed by atoms with Crippen LogP contribution >= 0.6 is 15.9 Å². The smallest absolute Gasteiger partial charge is 0.137 e. The van der Waals surface area contributed by atoms with E-state index in [0.29, 0.717) is 0 Å². The molecule has 3 nitrogen and oxygen atoms in total. The van der Waals surface area contributed by atoms with E-state index in [1.165, 1.54) is 0 Å². The zero-order valence-electron chi connectivity index (χ0n) is 9.44. The van der Waals surface area contributed by atoms with Crippen LogP contribution in [0.5, 0.6) is 0 Å². The zero-order valence-corrected chi connectivity index (χ0v) is 11.0. The minimum Gasteiger partial charge on any atom is -0.390 e. The summed E-state index contributed by atoms with van der Waals surface area (Å²) in [6.45, 7) is 3.64. The van der Waals surface area contributed by atoms with Crippen molar-refractivity contribution in [2.45, 2.75) is 32.3 Å². The van der Waals surface area contributed by atoms with Gasteiger partial charge in [-0.15, -0.1) is 0 Å². The summed E-state index contributed by atoms with van der Waals surface area (Å²) >= 11 is 3.42. The average molecular weight is 283 g/mol. The lowest BCUT2D eigenvalue weighted by molar-refractivity contribution is 0.0711. The molecule has 0 amide bonds. The lowest BCUT2D eigenvalue weighted by Crippen LogP contribution is -2.19. The maximum absolute atomic E-state index is 9.66. The van der Waals surface area contributed by atoms with Crippen molar-refractivity contribution in [3.63, 3.8) is 0 Å². The fourth-order valence-corrected chi connectivity index (χ4v) is 1.92. The minimum absolute atomic E-state index is 0.629. The van der Waals surface area contributed by atoms with Gasteiger partial charge < -0.3 is 9.51 Å². The highest BCUT2D eigenvalue weighted by Gasteiger charge is 2.13. The summed E-state index contributed by atoms with van der Waals surface area (Å²) in [6, 6.07) is 3.94. The van der Waals surface area contributed by atoms with Gasteiger partial charge in [-0.25, -0.2) is 4.98 Å². The molecule has 0 saturated carbocycles. The van der Waals surface area contributed by atoms with Crippen LogP contribution in [-0.4, -0.2) is 20.1 Å². The number of pyridine rings is 1. The van der Waals surface area contributed by atoms with Crippen LogP contribution in [0.3, 0.4) is 0 Å². The predicted octanol–water partition coefficient (Wildman–Crippen LogP) is 2.80. The van der Waals surface area contributed by atoms with Gasteiger partial charge in [-0.05, 0) is 54.8 Å². The molecule has 86 valence electrons. The number of aromatic nitrogens is 2. The van der Waals surface area contributed by atoms with Crippen LogP contribution in [-0.2, 0) is 6.42 Å².